The molecule has 0 saturated carbocycles. The van der Waals surface area contributed by atoms with Gasteiger partial charge in [0.25, 0.3) is 5.56 Å². The third kappa shape index (κ3) is 3.31. The summed E-state index contributed by atoms with van der Waals surface area (Å²) >= 11 is 0. The molecule has 1 aliphatic heterocycles. The largest absolute Gasteiger partial charge is 0.451 e. The highest BCUT2D eigenvalue weighted by molar-refractivity contribution is 5.87. The first-order chi connectivity index (χ1) is 14.8. The third-order valence-corrected chi connectivity index (χ3v) is 5.70. The van der Waals surface area contributed by atoms with Gasteiger partial charge in [-0.1, -0.05) is 6.07 Å². The van der Waals surface area contributed by atoms with Gasteiger partial charge in [-0.2, -0.15) is 13.2 Å². The molecule has 158 valence electrons. The van der Waals surface area contributed by atoms with Crippen molar-refractivity contribution in [2.24, 2.45) is 7.05 Å². The summed E-state index contributed by atoms with van der Waals surface area (Å²) in [4.78, 5) is 19.5. The molecule has 0 atom stereocenters. The number of nitrogens with one attached hydrogen (secondary N) is 1. The van der Waals surface area contributed by atoms with Gasteiger partial charge in [0, 0.05) is 67.9 Å². The number of pyridine rings is 1. The molecule has 31 heavy (non-hydrogen) atoms. The molecule has 6 nitrogen and oxygen atoms in total. The van der Waals surface area contributed by atoms with E-state index in [0.29, 0.717) is 11.1 Å². The number of hydrogen-bond acceptors (Lipinski definition) is 4. The molecule has 1 N–H and O–H groups in total. The number of aryl methyl sites for hydroxylation is 1. The Morgan fingerprint density at radius 1 is 1.06 bits per heavy atom. The Hall–Kier alpha value is -3.46. The Kier molecular flexibility index (Phi) is 4.44. The summed E-state index contributed by atoms with van der Waals surface area (Å²) in [6.07, 6.45) is 0.112. The number of benzene rings is 1. The Morgan fingerprint density at radius 3 is 2.55 bits per heavy atom. The maximum atomic E-state index is 12.8. The minimum atomic E-state index is -4.60. The Labute approximate surface area is 175 Å². The number of aromatic nitrogens is 4. The zero-order chi connectivity index (χ0) is 21.8. The molecule has 4 aromatic rings. The first-order valence-electron chi connectivity index (χ1n) is 9.76. The molecule has 1 aliphatic rings. The van der Waals surface area contributed by atoms with Crippen molar-refractivity contribution in [1.82, 2.24) is 24.4 Å². The fourth-order valence-corrected chi connectivity index (χ4v) is 4.14. The highest BCUT2D eigenvalue weighted by atomic mass is 19.4. The van der Waals surface area contributed by atoms with E-state index in [0.717, 1.165) is 43.1 Å². The molecule has 0 aliphatic carbocycles. The van der Waals surface area contributed by atoms with E-state index < -0.39 is 12.0 Å². The zero-order valence-corrected chi connectivity index (χ0v) is 16.6. The average molecular weight is 425 g/mol. The van der Waals surface area contributed by atoms with Crippen molar-refractivity contribution < 1.29 is 13.2 Å². The maximum absolute atomic E-state index is 12.8. The number of rotatable bonds is 2. The second-order valence-corrected chi connectivity index (χ2v) is 7.53. The van der Waals surface area contributed by atoms with Crippen LogP contribution in [0.25, 0.3) is 27.7 Å². The van der Waals surface area contributed by atoms with Gasteiger partial charge in [-0.25, -0.2) is 9.97 Å². The van der Waals surface area contributed by atoms with E-state index in [4.69, 9.17) is 0 Å². The van der Waals surface area contributed by atoms with E-state index in [2.05, 4.69) is 19.9 Å². The molecule has 0 radical (unpaired) electrons. The lowest BCUT2D eigenvalue weighted by Crippen LogP contribution is -2.24. The van der Waals surface area contributed by atoms with Crippen LogP contribution in [0.2, 0.25) is 0 Å². The van der Waals surface area contributed by atoms with E-state index in [9.17, 15) is 18.0 Å². The van der Waals surface area contributed by atoms with Gasteiger partial charge in [-0.3, -0.25) is 9.36 Å². The topological polar surface area (TPSA) is 64.7 Å². The Bertz CT molecular complexity index is 1350. The molecule has 0 fully saturated rings. The normalized spacial score (nSPS) is 14.1. The number of nitrogens with zero attached hydrogens (tertiary/aromatic N) is 4. The van der Waals surface area contributed by atoms with Crippen LogP contribution in [0.4, 0.5) is 13.2 Å². The van der Waals surface area contributed by atoms with Gasteiger partial charge in [0.15, 0.2) is 0 Å². The van der Waals surface area contributed by atoms with E-state index in [1.54, 1.807) is 12.3 Å². The molecular formula is C22H18F3N5O. The first kappa shape index (κ1) is 19.5. The summed E-state index contributed by atoms with van der Waals surface area (Å²) in [6, 6.07) is 8.95. The van der Waals surface area contributed by atoms with Crippen LogP contribution in [0, 0.1) is 0 Å². The smallest absolute Gasteiger partial charge is 0.347 e. The van der Waals surface area contributed by atoms with Gasteiger partial charge in [-0.15, -0.1) is 0 Å². The predicted molar refractivity (Wildman–Crippen MR) is 110 cm³/mol. The number of halogens is 3. The fourth-order valence-electron chi connectivity index (χ4n) is 4.14. The lowest BCUT2D eigenvalue weighted by molar-refractivity contribution is -0.144. The van der Waals surface area contributed by atoms with E-state index in [1.165, 1.54) is 27.3 Å². The molecule has 0 amide bonds. The molecule has 1 aromatic carbocycles. The van der Waals surface area contributed by atoms with Gasteiger partial charge in [-0.05, 0) is 29.3 Å². The zero-order valence-electron chi connectivity index (χ0n) is 16.6. The van der Waals surface area contributed by atoms with Crippen LogP contribution < -0.4 is 10.9 Å². The number of hydrogen-bond donors (Lipinski definition) is 1. The summed E-state index contributed by atoms with van der Waals surface area (Å²) < 4.78 is 41.7. The first-order valence-corrected chi connectivity index (χ1v) is 9.76. The minimum Gasteiger partial charge on any atom is -0.347 e. The van der Waals surface area contributed by atoms with Crippen LogP contribution in [0.1, 0.15) is 17.1 Å². The summed E-state index contributed by atoms with van der Waals surface area (Å²) in [7, 11) is 2.03. The van der Waals surface area contributed by atoms with Crippen molar-refractivity contribution in [2.75, 3.05) is 6.54 Å². The molecule has 5 rings (SSSR count). The van der Waals surface area contributed by atoms with Crippen LogP contribution in [0.15, 0.2) is 53.7 Å². The van der Waals surface area contributed by atoms with Crippen LogP contribution in [0.3, 0.4) is 0 Å². The van der Waals surface area contributed by atoms with Crippen LogP contribution in [0.5, 0.6) is 0 Å². The van der Waals surface area contributed by atoms with Crippen molar-refractivity contribution in [3.05, 3.63) is 76.4 Å². The van der Waals surface area contributed by atoms with Gasteiger partial charge in [0.1, 0.15) is 0 Å². The van der Waals surface area contributed by atoms with Crippen molar-refractivity contribution in [2.45, 2.75) is 19.1 Å². The summed E-state index contributed by atoms with van der Waals surface area (Å²) in [6.45, 7) is 1.77. The third-order valence-electron chi connectivity index (χ3n) is 5.70. The molecule has 3 aromatic heterocycles. The van der Waals surface area contributed by atoms with Crippen LogP contribution >= 0.6 is 0 Å². The van der Waals surface area contributed by atoms with Gasteiger partial charge in [0.05, 0.1) is 11.2 Å². The minimum absolute atomic E-state index is 0.294. The average Bonchev–Trinajstić information content (AvgIpc) is 3.05. The number of alkyl halides is 3. The lowest BCUT2D eigenvalue weighted by Gasteiger charge is -2.14. The number of fused-ring (bicyclic) bond motifs is 3. The molecule has 0 unspecified atom stereocenters. The SMILES string of the molecule is Cn1c2c(c3ccc(-n4ccc(-c5cnc(C(F)(F)F)nc5)cc4=O)cc31)CNCC2. The standard InChI is InChI=1S/C22H18F3N5O/c1-29-18-4-6-26-12-17(18)16-3-2-15(9-19(16)29)30-7-5-13(8-20(30)31)14-10-27-21(28-11-14)22(23,24)25/h2-3,5,7-11,26H,4,6,12H2,1H3. The van der Waals surface area contributed by atoms with E-state index in [1.807, 2.05) is 25.2 Å². The van der Waals surface area contributed by atoms with Crippen molar-refractivity contribution in [3.8, 4) is 16.8 Å². The van der Waals surface area contributed by atoms with Gasteiger partial charge >= 0.3 is 6.18 Å². The molecule has 4 heterocycles. The molecule has 0 bridgehead atoms. The molecular weight excluding hydrogens is 407 g/mol. The van der Waals surface area contributed by atoms with Gasteiger partial charge in [0.2, 0.25) is 5.82 Å². The highest BCUT2D eigenvalue weighted by Gasteiger charge is 2.34. The van der Waals surface area contributed by atoms with E-state index >= 15 is 0 Å². The fraction of sp³-hybridized carbons (Fsp3) is 0.227. The van der Waals surface area contributed by atoms with Crippen molar-refractivity contribution >= 4 is 10.9 Å². The van der Waals surface area contributed by atoms with Crippen molar-refractivity contribution in [1.29, 1.82) is 0 Å². The second-order valence-electron chi connectivity index (χ2n) is 7.53. The highest BCUT2D eigenvalue weighted by Crippen LogP contribution is 2.30. The maximum Gasteiger partial charge on any atom is 0.451 e. The van der Waals surface area contributed by atoms with Gasteiger partial charge < -0.3 is 9.88 Å². The lowest BCUT2D eigenvalue weighted by atomic mass is 10.1. The second kappa shape index (κ2) is 7.05. The monoisotopic (exact) mass is 425 g/mol. The van der Waals surface area contributed by atoms with Crippen LogP contribution in [-0.4, -0.2) is 25.6 Å². The summed E-state index contributed by atoms with van der Waals surface area (Å²) in [5.41, 5.74) is 4.87. The molecule has 0 saturated heterocycles. The predicted octanol–water partition coefficient (Wildman–Crippen LogP) is 3.45. The van der Waals surface area contributed by atoms with Crippen LogP contribution in [-0.2, 0) is 26.2 Å². The molecule has 0 spiro atoms. The van der Waals surface area contributed by atoms with E-state index in [-0.39, 0.29) is 5.56 Å². The quantitative estimate of drug-likeness (QED) is 0.534. The molecule has 9 heteroatoms. The summed E-state index contributed by atoms with van der Waals surface area (Å²) in [5, 5.41) is 4.56. The van der Waals surface area contributed by atoms with Crippen molar-refractivity contribution in [3.63, 3.8) is 0 Å². The summed E-state index contributed by atoms with van der Waals surface area (Å²) in [5.74, 6) is -1.21. The Balaban J connectivity index is 1.52. The Morgan fingerprint density at radius 2 is 1.84 bits per heavy atom.